The van der Waals surface area contributed by atoms with Gasteiger partial charge >= 0.3 is 0 Å². The number of rotatable bonds is 3. The Labute approximate surface area is 109 Å². The Hall–Kier alpha value is -2.21. The van der Waals surface area contributed by atoms with Crippen LogP contribution in [0.4, 0.5) is 5.69 Å². The van der Waals surface area contributed by atoms with E-state index in [-0.39, 0.29) is 17.5 Å². The number of nitro benzene ring substituents is 1. The molecule has 1 aromatic heterocycles. The van der Waals surface area contributed by atoms with Crippen LogP contribution in [0.25, 0.3) is 10.9 Å². The summed E-state index contributed by atoms with van der Waals surface area (Å²) in [5.41, 5.74) is 0.933. The van der Waals surface area contributed by atoms with Crippen LogP contribution < -0.4 is 5.32 Å². The second-order valence-corrected chi connectivity index (χ2v) is 4.67. The number of benzene rings is 1. The fourth-order valence-electron chi connectivity index (χ4n) is 2.59. The number of aromatic amines is 1. The van der Waals surface area contributed by atoms with Crippen molar-refractivity contribution >= 4 is 22.4 Å². The lowest BCUT2D eigenvalue weighted by Gasteiger charge is -2.07. The van der Waals surface area contributed by atoms with E-state index in [9.17, 15) is 14.9 Å². The predicted octanol–water partition coefficient (Wildman–Crippen LogP) is 2.01. The summed E-state index contributed by atoms with van der Waals surface area (Å²) in [7, 11) is 0. The summed E-state index contributed by atoms with van der Waals surface area (Å²) >= 11 is 0. The third-order valence-electron chi connectivity index (χ3n) is 3.53. The summed E-state index contributed by atoms with van der Waals surface area (Å²) in [5.74, 6) is 0.00393. The SMILES string of the molecule is O=C(c1c[nH]c2c([N+](=O)[O-])cccc12)C1CCCN1. The minimum absolute atomic E-state index is 0.00377. The Balaban J connectivity index is 2.08. The van der Waals surface area contributed by atoms with Crippen molar-refractivity contribution in [1.29, 1.82) is 0 Å². The molecular weight excluding hydrogens is 246 g/mol. The van der Waals surface area contributed by atoms with Gasteiger partial charge in [0.2, 0.25) is 0 Å². The van der Waals surface area contributed by atoms with E-state index in [0.29, 0.717) is 16.5 Å². The highest BCUT2D eigenvalue weighted by Crippen LogP contribution is 2.28. The van der Waals surface area contributed by atoms with Gasteiger partial charge in [0.15, 0.2) is 5.78 Å². The van der Waals surface area contributed by atoms with Crippen molar-refractivity contribution in [2.75, 3.05) is 6.54 Å². The van der Waals surface area contributed by atoms with Crippen molar-refractivity contribution in [2.24, 2.45) is 0 Å². The molecule has 3 rings (SSSR count). The molecule has 0 saturated carbocycles. The van der Waals surface area contributed by atoms with Crippen molar-refractivity contribution in [3.63, 3.8) is 0 Å². The van der Waals surface area contributed by atoms with E-state index < -0.39 is 4.92 Å². The van der Waals surface area contributed by atoms with Crippen molar-refractivity contribution in [3.05, 3.63) is 40.1 Å². The number of hydrogen-bond donors (Lipinski definition) is 2. The van der Waals surface area contributed by atoms with Gasteiger partial charge in [-0.3, -0.25) is 14.9 Å². The molecule has 2 N–H and O–H groups in total. The molecular formula is C13H13N3O3. The zero-order chi connectivity index (χ0) is 13.4. The summed E-state index contributed by atoms with van der Waals surface area (Å²) in [4.78, 5) is 25.7. The van der Waals surface area contributed by atoms with E-state index in [0.717, 1.165) is 19.4 Å². The van der Waals surface area contributed by atoms with Gasteiger partial charge in [0.25, 0.3) is 5.69 Å². The minimum Gasteiger partial charge on any atom is -0.355 e. The lowest BCUT2D eigenvalue weighted by Crippen LogP contribution is -2.30. The molecule has 1 fully saturated rings. The molecule has 0 spiro atoms. The first kappa shape index (κ1) is 11.9. The topological polar surface area (TPSA) is 88.0 Å². The Morgan fingerprint density at radius 2 is 2.26 bits per heavy atom. The number of nitrogens with zero attached hydrogens (tertiary/aromatic N) is 1. The van der Waals surface area contributed by atoms with Gasteiger partial charge in [-0.1, -0.05) is 12.1 Å². The second-order valence-electron chi connectivity index (χ2n) is 4.67. The molecule has 1 saturated heterocycles. The van der Waals surface area contributed by atoms with Gasteiger partial charge in [-0.25, -0.2) is 0 Å². The van der Waals surface area contributed by atoms with E-state index in [2.05, 4.69) is 10.3 Å². The van der Waals surface area contributed by atoms with Crippen LogP contribution in [0, 0.1) is 10.1 Å². The number of para-hydroxylation sites is 1. The number of non-ortho nitro benzene ring substituents is 1. The molecule has 1 aromatic carbocycles. The van der Waals surface area contributed by atoms with Crippen molar-refractivity contribution in [3.8, 4) is 0 Å². The Morgan fingerprint density at radius 1 is 1.42 bits per heavy atom. The quantitative estimate of drug-likeness (QED) is 0.501. The highest BCUT2D eigenvalue weighted by molar-refractivity contribution is 6.11. The first-order valence-electron chi connectivity index (χ1n) is 6.20. The molecule has 1 aliphatic heterocycles. The lowest BCUT2D eigenvalue weighted by atomic mass is 10.0. The fraction of sp³-hybridized carbons (Fsp3) is 0.308. The van der Waals surface area contributed by atoms with E-state index >= 15 is 0 Å². The number of carbonyl (C=O) groups excluding carboxylic acids is 1. The van der Waals surface area contributed by atoms with Gasteiger partial charge in [-0.15, -0.1) is 0 Å². The largest absolute Gasteiger partial charge is 0.355 e. The maximum atomic E-state index is 12.4. The Morgan fingerprint density at radius 3 is 2.95 bits per heavy atom. The molecule has 6 nitrogen and oxygen atoms in total. The van der Waals surface area contributed by atoms with E-state index in [1.807, 2.05) is 0 Å². The van der Waals surface area contributed by atoms with Crippen LogP contribution in [0.2, 0.25) is 0 Å². The lowest BCUT2D eigenvalue weighted by molar-refractivity contribution is -0.383. The molecule has 1 unspecified atom stereocenters. The number of Topliss-reactive ketones (excluding diaryl/α,β-unsaturated/α-hetero) is 1. The van der Waals surface area contributed by atoms with Crippen LogP contribution in [0.15, 0.2) is 24.4 Å². The predicted molar refractivity (Wildman–Crippen MR) is 70.3 cm³/mol. The number of H-pyrrole nitrogens is 1. The number of aromatic nitrogens is 1. The molecule has 6 heteroatoms. The molecule has 0 amide bonds. The highest BCUT2D eigenvalue weighted by Gasteiger charge is 2.26. The van der Waals surface area contributed by atoms with Crippen molar-refractivity contribution in [2.45, 2.75) is 18.9 Å². The second kappa shape index (κ2) is 4.47. The summed E-state index contributed by atoms with van der Waals surface area (Å²) in [6.07, 6.45) is 3.37. The first-order valence-corrected chi connectivity index (χ1v) is 6.20. The van der Waals surface area contributed by atoms with Gasteiger partial charge in [0, 0.05) is 23.2 Å². The molecule has 2 heterocycles. The molecule has 19 heavy (non-hydrogen) atoms. The molecule has 1 atom stereocenters. The maximum absolute atomic E-state index is 12.4. The van der Waals surface area contributed by atoms with Gasteiger partial charge in [0.05, 0.1) is 11.0 Å². The minimum atomic E-state index is -0.444. The van der Waals surface area contributed by atoms with Crippen molar-refractivity contribution in [1.82, 2.24) is 10.3 Å². The Bertz CT molecular complexity index is 656. The normalized spacial score (nSPS) is 18.8. The van der Waals surface area contributed by atoms with Crippen molar-refractivity contribution < 1.29 is 9.72 Å². The number of ketones is 1. The van der Waals surface area contributed by atoms with Crippen LogP contribution >= 0.6 is 0 Å². The molecule has 2 aromatic rings. The van der Waals surface area contributed by atoms with Gasteiger partial charge in [-0.2, -0.15) is 0 Å². The number of nitro groups is 1. The zero-order valence-corrected chi connectivity index (χ0v) is 10.2. The Kier molecular flexibility index (Phi) is 2.79. The monoisotopic (exact) mass is 259 g/mol. The van der Waals surface area contributed by atoms with Crippen LogP contribution in [0.1, 0.15) is 23.2 Å². The average Bonchev–Trinajstić information content (AvgIpc) is 3.06. The van der Waals surface area contributed by atoms with Crippen LogP contribution in [0.3, 0.4) is 0 Å². The molecule has 98 valence electrons. The van der Waals surface area contributed by atoms with Gasteiger partial charge in [0.1, 0.15) is 5.52 Å². The van der Waals surface area contributed by atoms with Crippen LogP contribution in [0.5, 0.6) is 0 Å². The summed E-state index contributed by atoms with van der Waals surface area (Å²) < 4.78 is 0. The van der Waals surface area contributed by atoms with E-state index in [4.69, 9.17) is 0 Å². The van der Waals surface area contributed by atoms with Crippen LogP contribution in [-0.2, 0) is 0 Å². The number of carbonyl (C=O) groups is 1. The molecule has 0 radical (unpaired) electrons. The number of fused-ring (bicyclic) bond motifs is 1. The molecule has 1 aliphatic rings. The summed E-state index contributed by atoms with van der Waals surface area (Å²) in [6, 6.07) is 4.60. The van der Waals surface area contributed by atoms with Gasteiger partial charge < -0.3 is 10.3 Å². The highest BCUT2D eigenvalue weighted by atomic mass is 16.6. The van der Waals surface area contributed by atoms with E-state index in [1.54, 1.807) is 18.3 Å². The summed E-state index contributed by atoms with van der Waals surface area (Å²) in [5, 5.41) is 14.7. The number of hydrogen-bond acceptors (Lipinski definition) is 4. The third-order valence-corrected chi connectivity index (χ3v) is 3.53. The van der Waals surface area contributed by atoms with Gasteiger partial charge in [-0.05, 0) is 19.4 Å². The standard InChI is InChI=1S/C13H13N3O3/c17-13(10-4-2-6-14-10)9-7-15-12-8(9)3-1-5-11(12)16(18)19/h1,3,5,7,10,14-15H,2,4,6H2. The molecule has 0 aliphatic carbocycles. The van der Waals surface area contributed by atoms with Crippen LogP contribution in [-0.4, -0.2) is 28.3 Å². The summed E-state index contributed by atoms with van der Waals surface area (Å²) in [6.45, 7) is 0.846. The number of nitrogens with one attached hydrogen (secondary N) is 2. The first-order chi connectivity index (χ1) is 9.18. The fourth-order valence-corrected chi connectivity index (χ4v) is 2.59. The third kappa shape index (κ3) is 1.90. The maximum Gasteiger partial charge on any atom is 0.293 e. The van der Waals surface area contributed by atoms with E-state index in [1.165, 1.54) is 6.07 Å². The zero-order valence-electron chi connectivity index (χ0n) is 10.2. The smallest absolute Gasteiger partial charge is 0.293 e. The molecule has 0 bridgehead atoms. The average molecular weight is 259 g/mol.